The van der Waals surface area contributed by atoms with Crippen molar-refractivity contribution in [3.8, 4) is 62.0 Å². The molecule has 0 spiro atoms. The summed E-state index contributed by atoms with van der Waals surface area (Å²) in [6.45, 7) is 0. The Morgan fingerprint density at radius 1 is 0.204 bits per heavy atom. The van der Waals surface area contributed by atoms with Gasteiger partial charge >= 0.3 is 0 Å². The molecule has 0 aliphatic rings. The van der Waals surface area contributed by atoms with Crippen LogP contribution in [0, 0.1) is 0 Å². The van der Waals surface area contributed by atoms with E-state index in [0.29, 0.717) is 5.28 Å². The molecule has 24 heteroatoms. The average Bonchev–Trinajstić information content (AvgIpc) is 1.59. The molecule has 0 radical (unpaired) electrons. The summed E-state index contributed by atoms with van der Waals surface area (Å²) in [6.07, 6.45) is 0. The van der Waals surface area contributed by atoms with Gasteiger partial charge in [-0.3, -0.25) is 0 Å². The number of halogens is 5. The van der Waals surface area contributed by atoms with Crippen LogP contribution in [0.25, 0.3) is 271 Å². The van der Waals surface area contributed by atoms with E-state index in [1.54, 1.807) is 68.0 Å². The maximum atomic E-state index is 6.38. The number of rotatable bonds is 6. The number of benzene rings is 17. The first-order valence-corrected chi connectivity index (χ1v) is 52.2. The van der Waals surface area contributed by atoms with Gasteiger partial charge in [-0.15, -0.1) is 68.0 Å². The Bertz CT molecular complexity index is 10400. The summed E-state index contributed by atoms with van der Waals surface area (Å²) in [5.41, 5.74) is 16.4. The first-order valence-electron chi connectivity index (χ1n) is 45.4. The second-order valence-corrected chi connectivity index (χ2v) is 42.0. The molecule has 31 aromatic rings. The minimum absolute atomic E-state index is 0.247. The summed E-state index contributed by atoms with van der Waals surface area (Å²) in [5.74, 6) is 0. The SMILES string of the molecule is Clc1nc(-c2ccc3c(c2)c2ccccc2n3-c2ccccc2)c2c(n1)sc1ccccc12.Clc1nc(-c2ccc3c(ccc4ccccc43)c2)c2c(n1)sc1ccccc12.Clc1nc(-c2ccc3oc4ccccc4c3c2)c2c(n1)sc1ccccc12.Clc1nc(-c2cccc3c2oc2ccccc23)c2c(n1)sc1ccccc12.Clc1nc(-c2cccc3c2sc2ccccc23)c2c(n1)sc1ccccc12. The molecule has 0 saturated carbocycles. The van der Waals surface area contributed by atoms with Gasteiger partial charge in [0.05, 0.1) is 39.5 Å². The van der Waals surface area contributed by atoms with Crippen LogP contribution in [-0.2, 0) is 0 Å². The highest BCUT2D eigenvalue weighted by Crippen LogP contribution is 2.50. The predicted octanol–water partition coefficient (Wildman–Crippen LogP) is 37.4. The molecule has 0 aliphatic carbocycles. The van der Waals surface area contributed by atoms with E-state index < -0.39 is 0 Å². The zero-order valence-corrected chi connectivity index (χ0v) is 82.5. The van der Waals surface area contributed by atoms with Gasteiger partial charge < -0.3 is 13.4 Å². The van der Waals surface area contributed by atoms with Gasteiger partial charge in [0.1, 0.15) is 46.5 Å². The fraction of sp³-hybridized carbons (Fsp3) is 0. The van der Waals surface area contributed by atoms with Gasteiger partial charge in [-0.2, -0.15) is 0 Å². The van der Waals surface area contributed by atoms with Crippen molar-refractivity contribution in [2.24, 2.45) is 0 Å². The van der Waals surface area contributed by atoms with Crippen molar-refractivity contribution >= 4 is 335 Å². The maximum Gasteiger partial charge on any atom is 0.224 e. The lowest BCUT2D eigenvalue weighted by Crippen LogP contribution is -1.93. The van der Waals surface area contributed by atoms with Crippen molar-refractivity contribution in [3.63, 3.8) is 0 Å². The number of hydrogen-bond donors (Lipinski definition) is 0. The summed E-state index contributed by atoms with van der Waals surface area (Å²) >= 11 is 41.6. The minimum Gasteiger partial charge on any atom is -0.456 e. The fourth-order valence-corrected chi connectivity index (χ4v) is 27.6. The lowest BCUT2D eigenvalue weighted by molar-refractivity contribution is 0.669. The Hall–Kier alpha value is -15.2. The number of para-hydroxylation sites is 5. The van der Waals surface area contributed by atoms with Gasteiger partial charge in [-0.05, 0) is 189 Å². The van der Waals surface area contributed by atoms with Crippen molar-refractivity contribution in [3.05, 3.63) is 403 Å². The summed E-state index contributed by atoms with van der Waals surface area (Å²) in [7, 11) is 0. The number of aromatic nitrogens is 11. The number of nitrogens with zero attached hydrogens (tertiary/aromatic N) is 11. The highest BCUT2D eigenvalue weighted by molar-refractivity contribution is 7.28. The minimum atomic E-state index is 0.247. The standard InChI is InChI=1S/C28H16ClN3S.C24H13ClN2S.2C22H11ClN2OS.C22H11ClN2S2/c29-28-30-26(25-20-11-5-7-13-24(20)33-27(25)31-28)17-14-15-23-21(16-17)19-10-4-6-12-22(19)32(23)18-8-2-1-3-9-18;25-24-26-22(21-19-7-3-4-8-20(19)28-23(21)27-24)16-11-12-18-15(13-16)10-9-14-5-1-2-6-17(14)18;23-22-24-19(18-14-7-2-4-11-17(14)27-21(18)25-22)15-9-5-8-13-12-6-1-3-10-16(12)26-20(13)15;23-22-24-20(19-14-6-2-4-8-18(14)27-21(19)25-22)12-9-10-17-15(11-12)13-5-1-3-7-16(13)26-17;23-22-24-19(18-14-7-2-4-11-17(14)27-21(18)25-22)15-9-5-8-13-12-6-1-3-10-16(12)26-20(13)15/h1-16H;1-13H;3*1-11H. The van der Waals surface area contributed by atoms with E-state index in [2.05, 4.69) is 328 Å². The lowest BCUT2D eigenvalue weighted by Gasteiger charge is -2.08. The highest BCUT2D eigenvalue weighted by Gasteiger charge is 2.26. The molecule has 0 N–H and O–H groups in total. The molecule has 142 heavy (non-hydrogen) atoms. The van der Waals surface area contributed by atoms with Crippen LogP contribution < -0.4 is 0 Å². The zero-order valence-electron chi connectivity index (χ0n) is 73.9. The summed E-state index contributed by atoms with van der Waals surface area (Å²) in [6, 6.07) is 130. The Kier molecular flexibility index (Phi) is 21.3. The Morgan fingerprint density at radius 2 is 0.549 bits per heavy atom. The first kappa shape index (κ1) is 86.0. The molecular formula is C118H62Cl5N11O2S6. The Morgan fingerprint density at radius 3 is 1.08 bits per heavy atom. The van der Waals surface area contributed by atoms with Crippen LogP contribution in [0.3, 0.4) is 0 Å². The molecular weight excluding hydrogens is 1970 g/mol. The maximum absolute atomic E-state index is 6.38. The second-order valence-electron chi connectivity index (χ2n) is 34.1. The van der Waals surface area contributed by atoms with Gasteiger partial charge in [-0.25, -0.2) is 49.8 Å². The van der Waals surface area contributed by atoms with Gasteiger partial charge in [0.25, 0.3) is 0 Å². The molecule has 17 aromatic carbocycles. The van der Waals surface area contributed by atoms with E-state index in [0.717, 1.165) is 179 Å². The summed E-state index contributed by atoms with van der Waals surface area (Å²) < 4.78 is 22.9. The molecule has 0 amide bonds. The van der Waals surface area contributed by atoms with Crippen molar-refractivity contribution in [1.29, 1.82) is 0 Å². The molecule has 31 rings (SSSR count). The van der Waals surface area contributed by atoms with Crippen LogP contribution in [0.2, 0.25) is 26.4 Å². The molecule has 0 unspecified atom stereocenters. The summed E-state index contributed by atoms with van der Waals surface area (Å²) in [5, 5.41) is 26.7. The molecule has 13 nitrogen and oxygen atoms in total. The number of furan rings is 2. The van der Waals surface area contributed by atoms with Gasteiger partial charge in [-0.1, -0.05) is 267 Å². The molecule has 14 heterocycles. The zero-order chi connectivity index (χ0) is 94.5. The van der Waals surface area contributed by atoms with E-state index in [-0.39, 0.29) is 21.1 Å². The van der Waals surface area contributed by atoms with E-state index in [4.69, 9.17) is 71.8 Å². The third-order valence-corrected chi connectivity index (χ3v) is 33.4. The molecule has 0 fully saturated rings. The molecule has 0 aliphatic heterocycles. The first-order chi connectivity index (χ1) is 69.9. The normalized spacial score (nSPS) is 11.8. The van der Waals surface area contributed by atoms with E-state index in [1.807, 2.05) is 97.1 Å². The Balaban J connectivity index is 0.0000000889. The smallest absolute Gasteiger partial charge is 0.224 e. The number of hydrogen-bond acceptors (Lipinski definition) is 18. The van der Waals surface area contributed by atoms with Gasteiger partial charge in [0.15, 0.2) is 0 Å². The fourth-order valence-electron chi connectivity index (χ4n) is 19.9. The second kappa shape index (κ2) is 35.3. The van der Waals surface area contributed by atoms with Crippen LogP contribution in [0.15, 0.2) is 385 Å². The molecule has 0 atom stereocenters. The van der Waals surface area contributed by atoms with Crippen LogP contribution >= 0.6 is 126 Å². The molecule has 672 valence electrons. The monoisotopic (exact) mass is 2030 g/mol. The van der Waals surface area contributed by atoms with Crippen molar-refractivity contribution in [2.45, 2.75) is 0 Å². The van der Waals surface area contributed by atoms with Gasteiger partial charge in [0, 0.05) is 163 Å². The van der Waals surface area contributed by atoms with E-state index >= 15 is 0 Å². The topological polar surface area (TPSA) is 160 Å². The van der Waals surface area contributed by atoms with Crippen LogP contribution in [0.1, 0.15) is 0 Å². The third kappa shape index (κ3) is 14.9. The van der Waals surface area contributed by atoms with Crippen molar-refractivity contribution < 1.29 is 8.83 Å². The van der Waals surface area contributed by atoms with Gasteiger partial charge in [0.2, 0.25) is 26.4 Å². The van der Waals surface area contributed by atoms with Crippen LogP contribution in [-0.4, -0.2) is 54.4 Å². The number of thiophene rings is 6. The van der Waals surface area contributed by atoms with Crippen LogP contribution in [0.5, 0.6) is 0 Å². The third-order valence-electron chi connectivity index (χ3n) is 26.0. The lowest BCUT2D eigenvalue weighted by atomic mass is 9.98. The van der Waals surface area contributed by atoms with Crippen LogP contribution in [0.4, 0.5) is 0 Å². The Labute approximate surface area is 854 Å². The molecule has 0 bridgehead atoms. The largest absolute Gasteiger partial charge is 0.456 e. The van der Waals surface area contributed by atoms with E-state index in [9.17, 15) is 0 Å². The summed E-state index contributed by atoms with van der Waals surface area (Å²) in [4.78, 5) is 50.2. The van der Waals surface area contributed by atoms with Crippen molar-refractivity contribution in [1.82, 2.24) is 54.4 Å². The van der Waals surface area contributed by atoms with E-state index in [1.165, 1.54) is 92.3 Å². The molecule has 0 saturated heterocycles. The molecule has 14 aromatic heterocycles. The number of fused-ring (bicyclic) bond motifs is 30. The average molecular weight is 2040 g/mol. The highest BCUT2D eigenvalue weighted by atomic mass is 35.5. The van der Waals surface area contributed by atoms with Crippen molar-refractivity contribution in [2.75, 3.05) is 0 Å². The quantitative estimate of drug-likeness (QED) is 0.115. The predicted molar refractivity (Wildman–Crippen MR) is 604 cm³/mol.